The summed E-state index contributed by atoms with van der Waals surface area (Å²) in [5.41, 5.74) is 1.41. The Balaban J connectivity index is 1.85. The van der Waals surface area contributed by atoms with Gasteiger partial charge in [-0.1, -0.05) is 5.16 Å². The highest BCUT2D eigenvalue weighted by atomic mass is 16.5. The average molecular weight is 356 g/mol. The van der Waals surface area contributed by atoms with Crippen LogP contribution in [-0.4, -0.2) is 42.0 Å². The van der Waals surface area contributed by atoms with Crippen molar-refractivity contribution in [1.82, 2.24) is 10.1 Å². The van der Waals surface area contributed by atoms with Gasteiger partial charge >= 0.3 is 5.97 Å². The van der Waals surface area contributed by atoms with E-state index in [-0.39, 0.29) is 0 Å². The lowest BCUT2D eigenvalue weighted by molar-refractivity contribution is -0.139. The topological polar surface area (TPSA) is 104 Å². The average Bonchev–Trinajstić information content (AvgIpc) is 3.16. The van der Waals surface area contributed by atoms with Crippen molar-refractivity contribution in [1.29, 1.82) is 0 Å². The van der Waals surface area contributed by atoms with Crippen LogP contribution in [0.4, 0.5) is 0 Å². The standard InChI is InChI=1S/C18H16N2O6/c1-23-13-6-3-11(4-7-13)18-19-17(20-26-18)12-5-8-14(15(9-12)24-2)25-10-16(21)22/h3-9H,10H2,1-2H3,(H,21,22). The van der Waals surface area contributed by atoms with E-state index in [1.807, 2.05) is 12.1 Å². The van der Waals surface area contributed by atoms with Crippen molar-refractivity contribution in [2.45, 2.75) is 0 Å². The van der Waals surface area contributed by atoms with Gasteiger partial charge in [0.1, 0.15) is 5.75 Å². The first-order chi connectivity index (χ1) is 12.6. The van der Waals surface area contributed by atoms with Gasteiger partial charge in [0.15, 0.2) is 18.1 Å². The lowest BCUT2D eigenvalue weighted by atomic mass is 10.2. The summed E-state index contributed by atoms with van der Waals surface area (Å²) in [7, 11) is 3.06. The number of rotatable bonds is 7. The second-order valence-corrected chi connectivity index (χ2v) is 5.20. The van der Waals surface area contributed by atoms with E-state index in [2.05, 4.69) is 10.1 Å². The Bertz CT molecular complexity index is 904. The quantitative estimate of drug-likeness (QED) is 0.689. The van der Waals surface area contributed by atoms with Crippen LogP contribution in [0.2, 0.25) is 0 Å². The smallest absolute Gasteiger partial charge is 0.341 e. The summed E-state index contributed by atoms with van der Waals surface area (Å²) in [5, 5.41) is 12.7. The molecule has 3 rings (SSSR count). The summed E-state index contributed by atoms with van der Waals surface area (Å²) in [6.45, 7) is -0.459. The number of hydrogen-bond donors (Lipinski definition) is 1. The van der Waals surface area contributed by atoms with Gasteiger partial charge in [0, 0.05) is 11.1 Å². The van der Waals surface area contributed by atoms with Crippen LogP contribution in [0.3, 0.4) is 0 Å². The molecule has 8 nitrogen and oxygen atoms in total. The normalized spacial score (nSPS) is 10.4. The van der Waals surface area contributed by atoms with Crippen LogP contribution in [0, 0.1) is 0 Å². The van der Waals surface area contributed by atoms with Crippen LogP contribution >= 0.6 is 0 Å². The minimum Gasteiger partial charge on any atom is -0.497 e. The van der Waals surface area contributed by atoms with E-state index in [0.29, 0.717) is 28.8 Å². The Kier molecular flexibility index (Phi) is 5.02. The zero-order valence-electron chi connectivity index (χ0n) is 14.1. The molecule has 8 heteroatoms. The fraction of sp³-hybridized carbons (Fsp3) is 0.167. The zero-order chi connectivity index (χ0) is 18.5. The van der Waals surface area contributed by atoms with Crippen LogP contribution in [0.1, 0.15) is 0 Å². The number of ether oxygens (including phenoxy) is 3. The Labute approximate surface area is 148 Å². The number of benzene rings is 2. The van der Waals surface area contributed by atoms with E-state index < -0.39 is 12.6 Å². The van der Waals surface area contributed by atoms with Crippen molar-refractivity contribution in [2.75, 3.05) is 20.8 Å². The van der Waals surface area contributed by atoms with E-state index in [9.17, 15) is 4.79 Å². The molecule has 0 fully saturated rings. The van der Waals surface area contributed by atoms with Gasteiger partial charge in [0.05, 0.1) is 14.2 Å². The first-order valence-electron chi connectivity index (χ1n) is 7.62. The molecule has 0 aliphatic carbocycles. The molecule has 0 aliphatic heterocycles. The molecule has 0 atom stereocenters. The number of aromatic nitrogens is 2. The monoisotopic (exact) mass is 356 g/mol. The van der Waals surface area contributed by atoms with Gasteiger partial charge < -0.3 is 23.8 Å². The molecule has 1 heterocycles. The van der Waals surface area contributed by atoms with Gasteiger partial charge in [-0.15, -0.1) is 0 Å². The van der Waals surface area contributed by atoms with Crippen molar-refractivity contribution >= 4 is 5.97 Å². The molecule has 0 spiro atoms. The van der Waals surface area contributed by atoms with Crippen LogP contribution in [-0.2, 0) is 4.79 Å². The summed E-state index contributed by atoms with van der Waals surface area (Å²) < 4.78 is 20.8. The van der Waals surface area contributed by atoms with Crippen LogP contribution in [0.25, 0.3) is 22.8 Å². The van der Waals surface area contributed by atoms with Gasteiger partial charge in [-0.3, -0.25) is 0 Å². The van der Waals surface area contributed by atoms with Gasteiger partial charge in [-0.2, -0.15) is 4.98 Å². The summed E-state index contributed by atoms with van der Waals surface area (Å²) in [5.74, 6) is 1.09. The van der Waals surface area contributed by atoms with Crippen molar-refractivity contribution in [3.05, 3.63) is 42.5 Å². The lowest BCUT2D eigenvalue weighted by Gasteiger charge is -2.09. The Morgan fingerprint density at radius 2 is 1.77 bits per heavy atom. The Morgan fingerprint density at radius 3 is 2.42 bits per heavy atom. The summed E-state index contributed by atoms with van der Waals surface area (Å²) in [4.78, 5) is 15.0. The Morgan fingerprint density at radius 1 is 1.04 bits per heavy atom. The van der Waals surface area contributed by atoms with E-state index in [1.54, 1.807) is 37.4 Å². The minimum absolute atomic E-state index is 0.317. The Hall–Kier alpha value is -3.55. The third kappa shape index (κ3) is 3.75. The molecule has 26 heavy (non-hydrogen) atoms. The second kappa shape index (κ2) is 7.56. The van der Waals surface area contributed by atoms with Gasteiger partial charge in [-0.05, 0) is 42.5 Å². The maximum atomic E-state index is 10.6. The van der Waals surface area contributed by atoms with E-state index in [4.69, 9.17) is 23.8 Å². The maximum Gasteiger partial charge on any atom is 0.341 e. The number of carbonyl (C=O) groups is 1. The van der Waals surface area contributed by atoms with E-state index in [1.165, 1.54) is 7.11 Å². The highest BCUT2D eigenvalue weighted by molar-refractivity contribution is 5.69. The number of methoxy groups -OCH3 is 2. The van der Waals surface area contributed by atoms with Crippen LogP contribution in [0.15, 0.2) is 47.0 Å². The molecule has 0 bridgehead atoms. The predicted octanol–water partition coefficient (Wildman–Crippen LogP) is 2.88. The largest absolute Gasteiger partial charge is 0.497 e. The van der Waals surface area contributed by atoms with E-state index >= 15 is 0 Å². The van der Waals surface area contributed by atoms with Crippen molar-refractivity contribution < 1.29 is 28.6 Å². The third-order valence-corrected chi connectivity index (χ3v) is 3.54. The van der Waals surface area contributed by atoms with Crippen molar-refractivity contribution in [3.63, 3.8) is 0 Å². The summed E-state index contributed by atoms with van der Waals surface area (Å²) in [6, 6.07) is 12.2. The van der Waals surface area contributed by atoms with Gasteiger partial charge in [-0.25, -0.2) is 4.79 Å². The SMILES string of the molecule is COc1ccc(-c2nc(-c3ccc(OCC(=O)O)c(OC)c3)no2)cc1. The van der Waals surface area contributed by atoms with Crippen LogP contribution < -0.4 is 14.2 Å². The number of hydrogen-bond acceptors (Lipinski definition) is 7. The van der Waals surface area contributed by atoms with Crippen molar-refractivity contribution in [2.24, 2.45) is 0 Å². The summed E-state index contributed by atoms with van der Waals surface area (Å²) in [6.07, 6.45) is 0. The van der Waals surface area contributed by atoms with E-state index in [0.717, 1.165) is 11.3 Å². The first-order valence-corrected chi connectivity index (χ1v) is 7.62. The highest BCUT2D eigenvalue weighted by Crippen LogP contribution is 2.32. The molecule has 2 aromatic carbocycles. The molecule has 134 valence electrons. The molecule has 1 aromatic heterocycles. The molecule has 0 aliphatic rings. The number of aliphatic carboxylic acids is 1. The molecule has 0 unspecified atom stereocenters. The first kappa shape index (κ1) is 17.3. The molecule has 1 N–H and O–H groups in total. The fourth-order valence-corrected chi connectivity index (χ4v) is 2.26. The number of carboxylic acids is 1. The maximum absolute atomic E-state index is 10.6. The number of nitrogens with zero attached hydrogens (tertiary/aromatic N) is 2. The summed E-state index contributed by atoms with van der Waals surface area (Å²) >= 11 is 0. The fourth-order valence-electron chi connectivity index (χ4n) is 2.26. The molecule has 0 saturated carbocycles. The zero-order valence-corrected chi connectivity index (χ0v) is 14.1. The third-order valence-electron chi connectivity index (χ3n) is 3.54. The molecule has 0 amide bonds. The van der Waals surface area contributed by atoms with Crippen LogP contribution in [0.5, 0.6) is 17.2 Å². The van der Waals surface area contributed by atoms with Gasteiger partial charge in [0.25, 0.3) is 5.89 Å². The second-order valence-electron chi connectivity index (χ2n) is 5.20. The predicted molar refractivity (Wildman–Crippen MR) is 91.4 cm³/mol. The molecule has 0 radical (unpaired) electrons. The molecule has 3 aromatic rings. The number of carboxylic acid groups (broad SMARTS) is 1. The lowest BCUT2D eigenvalue weighted by Crippen LogP contribution is -2.10. The van der Waals surface area contributed by atoms with Crippen molar-refractivity contribution in [3.8, 4) is 40.1 Å². The molecular formula is C18H16N2O6. The minimum atomic E-state index is -1.07. The highest BCUT2D eigenvalue weighted by Gasteiger charge is 2.14. The van der Waals surface area contributed by atoms with Gasteiger partial charge in [0.2, 0.25) is 5.82 Å². The molecule has 0 saturated heterocycles. The molecular weight excluding hydrogens is 340 g/mol.